The van der Waals surface area contributed by atoms with Crippen molar-refractivity contribution in [2.45, 2.75) is 26.0 Å². The van der Waals surface area contributed by atoms with E-state index in [9.17, 15) is 10.1 Å². The van der Waals surface area contributed by atoms with E-state index >= 15 is 0 Å². The Bertz CT molecular complexity index is 965. The number of amides is 1. The van der Waals surface area contributed by atoms with Crippen LogP contribution in [0.3, 0.4) is 0 Å². The zero-order valence-corrected chi connectivity index (χ0v) is 16.5. The lowest BCUT2D eigenvalue weighted by molar-refractivity contribution is -0.138. The normalized spacial score (nSPS) is 11.3. The molecule has 29 heavy (non-hydrogen) atoms. The van der Waals surface area contributed by atoms with Gasteiger partial charge in [-0.1, -0.05) is 72.8 Å². The first-order valence-electron chi connectivity index (χ1n) is 9.70. The van der Waals surface area contributed by atoms with Gasteiger partial charge < -0.3 is 9.64 Å². The smallest absolute Gasteiger partial charge is 0.263 e. The fourth-order valence-electron chi connectivity index (χ4n) is 3.14. The molecule has 0 radical (unpaired) electrons. The van der Waals surface area contributed by atoms with E-state index in [-0.39, 0.29) is 5.91 Å². The van der Waals surface area contributed by atoms with Crippen LogP contribution in [0.4, 0.5) is 0 Å². The van der Waals surface area contributed by atoms with Crippen LogP contribution in [0, 0.1) is 11.3 Å². The van der Waals surface area contributed by atoms with E-state index in [4.69, 9.17) is 4.74 Å². The summed E-state index contributed by atoms with van der Waals surface area (Å²) < 4.78 is 5.86. The monoisotopic (exact) mass is 384 g/mol. The van der Waals surface area contributed by atoms with Crippen molar-refractivity contribution in [2.24, 2.45) is 0 Å². The summed E-state index contributed by atoms with van der Waals surface area (Å²) in [4.78, 5) is 15.0. The Labute approximate surface area is 172 Å². The maximum atomic E-state index is 13.2. The van der Waals surface area contributed by atoms with Crippen LogP contribution in [-0.2, 0) is 17.8 Å². The molecule has 0 spiro atoms. The second kappa shape index (κ2) is 10.1. The highest BCUT2D eigenvalue weighted by Crippen LogP contribution is 2.19. The highest BCUT2D eigenvalue weighted by molar-refractivity contribution is 5.81. The molecule has 0 heterocycles. The van der Waals surface area contributed by atoms with Crippen molar-refractivity contribution in [3.05, 3.63) is 102 Å². The lowest BCUT2D eigenvalue weighted by atomic mass is 10.1. The Kier molecular flexibility index (Phi) is 7.02. The Hall–Kier alpha value is -3.58. The summed E-state index contributed by atoms with van der Waals surface area (Å²) in [5.74, 6) is 0.330. The maximum absolute atomic E-state index is 13.2. The number of rotatable bonds is 8. The molecule has 0 fully saturated rings. The number of benzene rings is 3. The molecule has 0 bridgehead atoms. The molecule has 0 saturated carbocycles. The first-order chi connectivity index (χ1) is 14.2. The summed E-state index contributed by atoms with van der Waals surface area (Å²) >= 11 is 0. The summed E-state index contributed by atoms with van der Waals surface area (Å²) in [6, 6.07) is 29.1. The van der Waals surface area contributed by atoms with Gasteiger partial charge >= 0.3 is 0 Å². The fraction of sp³-hybridized carbons (Fsp3) is 0.200. The Morgan fingerprint density at radius 2 is 1.52 bits per heavy atom. The predicted molar refractivity (Wildman–Crippen MR) is 113 cm³/mol. The van der Waals surface area contributed by atoms with E-state index in [1.165, 1.54) is 5.56 Å². The number of para-hydroxylation sites is 1. The molecule has 0 saturated heterocycles. The molecule has 3 aromatic rings. The van der Waals surface area contributed by atoms with Gasteiger partial charge in [0.1, 0.15) is 11.8 Å². The van der Waals surface area contributed by atoms with Crippen molar-refractivity contribution in [3.8, 4) is 11.8 Å². The van der Waals surface area contributed by atoms with Gasteiger partial charge in [-0.05, 0) is 36.6 Å². The first-order valence-corrected chi connectivity index (χ1v) is 9.70. The number of nitriles is 1. The van der Waals surface area contributed by atoms with Crippen LogP contribution in [0.15, 0.2) is 84.9 Å². The van der Waals surface area contributed by atoms with E-state index in [2.05, 4.69) is 18.2 Å². The molecule has 1 atom stereocenters. The van der Waals surface area contributed by atoms with Crippen LogP contribution in [0.1, 0.15) is 23.6 Å². The standard InChI is InChI=1S/C25H24N2O2/c1-20(29-24-15-9-8-14-23(24)18-26)25(28)27(19-22-12-6-3-7-13-22)17-16-21-10-4-2-5-11-21/h2-15,20H,16-17,19H2,1H3. The van der Waals surface area contributed by atoms with Crippen molar-refractivity contribution in [2.75, 3.05) is 6.54 Å². The van der Waals surface area contributed by atoms with Gasteiger partial charge in [0.2, 0.25) is 0 Å². The minimum absolute atomic E-state index is 0.0995. The highest BCUT2D eigenvalue weighted by Gasteiger charge is 2.23. The zero-order valence-electron chi connectivity index (χ0n) is 16.5. The molecule has 0 aliphatic rings. The molecule has 0 aliphatic carbocycles. The van der Waals surface area contributed by atoms with Gasteiger partial charge in [0.15, 0.2) is 6.10 Å². The number of carbonyl (C=O) groups is 1. The molecule has 4 nitrogen and oxygen atoms in total. The number of carbonyl (C=O) groups excluding carboxylic acids is 1. The maximum Gasteiger partial charge on any atom is 0.263 e. The van der Waals surface area contributed by atoms with Crippen LogP contribution in [-0.4, -0.2) is 23.5 Å². The molecule has 3 aromatic carbocycles. The van der Waals surface area contributed by atoms with Gasteiger partial charge in [-0.25, -0.2) is 0 Å². The van der Waals surface area contributed by atoms with Crippen LogP contribution >= 0.6 is 0 Å². The predicted octanol–water partition coefficient (Wildman–Crippen LogP) is 4.60. The average Bonchev–Trinajstić information content (AvgIpc) is 2.78. The minimum atomic E-state index is -0.691. The van der Waals surface area contributed by atoms with Crippen molar-refractivity contribution in [1.29, 1.82) is 5.26 Å². The second-order valence-electron chi connectivity index (χ2n) is 6.85. The molecule has 0 N–H and O–H groups in total. The highest BCUT2D eigenvalue weighted by atomic mass is 16.5. The van der Waals surface area contributed by atoms with E-state index in [0.29, 0.717) is 24.4 Å². The van der Waals surface area contributed by atoms with Gasteiger partial charge in [0.25, 0.3) is 5.91 Å². The summed E-state index contributed by atoms with van der Waals surface area (Å²) in [6.07, 6.45) is 0.0740. The second-order valence-corrected chi connectivity index (χ2v) is 6.85. The van der Waals surface area contributed by atoms with Crippen molar-refractivity contribution in [1.82, 2.24) is 4.90 Å². The number of nitrogens with zero attached hydrogens (tertiary/aromatic N) is 2. The molecular weight excluding hydrogens is 360 g/mol. The van der Waals surface area contributed by atoms with Crippen molar-refractivity contribution in [3.63, 3.8) is 0 Å². The third-order valence-electron chi connectivity index (χ3n) is 4.70. The third-order valence-corrected chi connectivity index (χ3v) is 4.70. The number of hydrogen-bond donors (Lipinski definition) is 0. The van der Waals surface area contributed by atoms with Gasteiger partial charge in [-0.3, -0.25) is 4.79 Å². The van der Waals surface area contributed by atoms with Crippen molar-refractivity contribution >= 4 is 5.91 Å². The summed E-state index contributed by atoms with van der Waals surface area (Å²) in [7, 11) is 0. The topological polar surface area (TPSA) is 53.3 Å². The van der Waals surface area contributed by atoms with Crippen LogP contribution in [0.2, 0.25) is 0 Å². The largest absolute Gasteiger partial charge is 0.480 e. The lowest BCUT2D eigenvalue weighted by Gasteiger charge is -2.26. The third kappa shape index (κ3) is 5.70. The van der Waals surface area contributed by atoms with Crippen LogP contribution in [0.25, 0.3) is 0 Å². The van der Waals surface area contributed by atoms with Crippen LogP contribution in [0.5, 0.6) is 5.75 Å². The zero-order chi connectivity index (χ0) is 20.5. The van der Waals surface area contributed by atoms with Crippen LogP contribution < -0.4 is 4.74 Å². The van der Waals surface area contributed by atoms with Gasteiger partial charge in [0.05, 0.1) is 5.56 Å². The summed E-state index contributed by atoms with van der Waals surface area (Å²) in [5, 5.41) is 9.26. The van der Waals surface area contributed by atoms with E-state index in [0.717, 1.165) is 12.0 Å². The minimum Gasteiger partial charge on any atom is -0.480 e. The SMILES string of the molecule is CC(Oc1ccccc1C#N)C(=O)N(CCc1ccccc1)Cc1ccccc1. The Morgan fingerprint density at radius 3 is 2.17 bits per heavy atom. The van der Waals surface area contributed by atoms with Crippen molar-refractivity contribution < 1.29 is 9.53 Å². The molecule has 1 unspecified atom stereocenters. The number of hydrogen-bond acceptors (Lipinski definition) is 3. The van der Waals surface area contributed by atoms with E-state index in [1.807, 2.05) is 53.4 Å². The Balaban J connectivity index is 1.74. The average molecular weight is 384 g/mol. The molecule has 0 aromatic heterocycles. The lowest BCUT2D eigenvalue weighted by Crippen LogP contribution is -2.41. The molecule has 0 aliphatic heterocycles. The van der Waals surface area contributed by atoms with Gasteiger partial charge in [-0.15, -0.1) is 0 Å². The molecular formula is C25H24N2O2. The van der Waals surface area contributed by atoms with E-state index < -0.39 is 6.10 Å². The van der Waals surface area contributed by atoms with Gasteiger partial charge in [-0.2, -0.15) is 5.26 Å². The Morgan fingerprint density at radius 1 is 0.931 bits per heavy atom. The number of ether oxygens (including phenoxy) is 1. The summed E-state index contributed by atoms with van der Waals surface area (Å²) in [5.41, 5.74) is 2.67. The quantitative estimate of drug-likeness (QED) is 0.570. The molecule has 1 amide bonds. The first kappa shape index (κ1) is 20.2. The fourth-order valence-corrected chi connectivity index (χ4v) is 3.14. The molecule has 3 rings (SSSR count). The molecule has 4 heteroatoms. The van der Waals surface area contributed by atoms with Gasteiger partial charge in [0, 0.05) is 13.1 Å². The summed E-state index contributed by atoms with van der Waals surface area (Å²) in [6.45, 7) is 2.84. The van der Waals surface area contributed by atoms with E-state index in [1.54, 1.807) is 31.2 Å². The molecule has 146 valence electrons.